The van der Waals surface area contributed by atoms with Crippen molar-refractivity contribution in [1.29, 1.82) is 0 Å². The van der Waals surface area contributed by atoms with Crippen molar-refractivity contribution in [3.63, 3.8) is 0 Å². The molecule has 0 saturated carbocycles. The number of methoxy groups -OCH3 is 1. The fourth-order valence-corrected chi connectivity index (χ4v) is 5.20. The van der Waals surface area contributed by atoms with Crippen molar-refractivity contribution in [1.82, 2.24) is 4.90 Å². The third-order valence-corrected chi connectivity index (χ3v) is 6.82. The maximum atomic E-state index is 14.6. The van der Waals surface area contributed by atoms with Crippen LogP contribution in [0, 0.1) is 5.82 Å². The summed E-state index contributed by atoms with van der Waals surface area (Å²) in [4.78, 5) is 13.8. The molecule has 172 valence electrons. The number of likely N-dealkylation sites (N-methyl/N-ethyl adjacent to an activating group) is 1. The maximum Gasteiger partial charge on any atom is 0.265 e. The summed E-state index contributed by atoms with van der Waals surface area (Å²) in [6, 6.07) is 13.8. The monoisotopic (exact) mass is 490 g/mol. The van der Waals surface area contributed by atoms with Crippen molar-refractivity contribution < 1.29 is 27.1 Å². The molecule has 0 aromatic heterocycles. The minimum Gasteiger partial charge on any atom is -0.494 e. The van der Waals surface area contributed by atoms with Crippen LogP contribution in [0.25, 0.3) is 11.1 Å². The Bertz CT molecular complexity index is 1350. The first-order chi connectivity index (χ1) is 15.7. The van der Waals surface area contributed by atoms with Gasteiger partial charge in [-0.3, -0.25) is 9.52 Å². The number of ether oxygens (including phenoxy) is 2. The van der Waals surface area contributed by atoms with E-state index < -0.39 is 15.8 Å². The highest BCUT2D eigenvalue weighted by Crippen LogP contribution is 2.37. The van der Waals surface area contributed by atoms with E-state index in [9.17, 15) is 17.6 Å². The van der Waals surface area contributed by atoms with Crippen LogP contribution in [0.2, 0.25) is 5.02 Å². The topological polar surface area (TPSA) is 84.9 Å². The lowest BCUT2D eigenvalue weighted by Gasteiger charge is -2.20. The van der Waals surface area contributed by atoms with Gasteiger partial charge in [0, 0.05) is 19.2 Å². The molecule has 4 rings (SSSR count). The largest absolute Gasteiger partial charge is 0.494 e. The van der Waals surface area contributed by atoms with Crippen LogP contribution < -0.4 is 14.2 Å². The molecule has 3 aromatic rings. The number of carbonyl (C=O) groups is 1. The normalized spacial score (nSPS) is 15.4. The summed E-state index contributed by atoms with van der Waals surface area (Å²) in [5.41, 5.74) is 1.26. The van der Waals surface area contributed by atoms with Gasteiger partial charge in [-0.15, -0.1) is 0 Å². The molecule has 3 aromatic carbocycles. The molecule has 1 amide bonds. The molecule has 1 aliphatic rings. The zero-order valence-electron chi connectivity index (χ0n) is 17.8. The van der Waals surface area contributed by atoms with Gasteiger partial charge in [0.1, 0.15) is 16.5 Å². The second kappa shape index (κ2) is 8.92. The van der Waals surface area contributed by atoms with Gasteiger partial charge in [0.2, 0.25) is 0 Å². The lowest BCUT2D eigenvalue weighted by atomic mass is 10.0. The number of anilines is 1. The Morgan fingerprint density at radius 3 is 2.67 bits per heavy atom. The molecule has 0 radical (unpaired) electrons. The van der Waals surface area contributed by atoms with Crippen molar-refractivity contribution >= 4 is 33.2 Å². The summed E-state index contributed by atoms with van der Waals surface area (Å²) in [5, 5.41) is 0.0402. The number of halogens is 2. The number of benzene rings is 3. The van der Waals surface area contributed by atoms with Crippen LogP contribution in [0.3, 0.4) is 0 Å². The standard InChI is InChI=1S/C23H20ClFN2O5S/c1-27-12-14-9-17(24)23(31-2)21(10-14)33(29,30)26-19-11-15(7-8-18(19)25)16-5-3-4-6-20(16)32-13-22(27)28/h3-11,26H,12-13H2,1-2H3. The van der Waals surface area contributed by atoms with Crippen LogP contribution >= 0.6 is 11.6 Å². The number of amides is 1. The molecule has 7 nitrogen and oxygen atoms in total. The number of rotatable bonds is 1. The Hall–Kier alpha value is -3.30. The van der Waals surface area contributed by atoms with Crippen LogP contribution in [-0.4, -0.2) is 40.0 Å². The summed E-state index contributed by atoms with van der Waals surface area (Å²) < 4.78 is 54.4. The van der Waals surface area contributed by atoms with Gasteiger partial charge in [0.15, 0.2) is 12.4 Å². The second-order valence-electron chi connectivity index (χ2n) is 7.44. The molecule has 4 bridgehead atoms. The molecule has 33 heavy (non-hydrogen) atoms. The Balaban J connectivity index is 1.93. The molecule has 0 fully saturated rings. The van der Waals surface area contributed by atoms with Crippen molar-refractivity contribution in [3.05, 3.63) is 71.0 Å². The number of sulfonamides is 1. The number of nitrogens with zero attached hydrogens (tertiary/aromatic N) is 1. The van der Waals surface area contributed by atoms with E-state index in [0.29, 0.717) is 22.4 Å². The number of hydrogen-bond acceptors (Lipinski definition) is 5. The fourth-order valence-electron chi connectivity index (χ4n) is 3.52. The molecule has 0 atom stereocenters. The summed E-state index contributed by atoms with van der Waals surface area (Å²) in [6.07, 6.45) is 0. The first-order valence-electron chi connectivity index (χ1n) is 9.84. The SMILES string of the molecule is COc1c(Cl)cc2cc1S(=O)(=O)Nc1cc(ccc1F)-c1ccccc1OCC(=O)N(C)C2. The minimum atomic E-state index is -4.31. The highest BCUT2D eigenvalue weighted by Gasteiger charge is 2.26. The lowest BCUT2D eigenvalue weighted by molar-refractivity contribution is -0.132. The summed E-state index contributed by atoms with van der Waals surface area (Å²) in [5.74, 6) is -0.772. The smallest absolute Gasteiger partial charge is 0.265 e. The number of nitrogens with one attached hydrogen (secondary N) is 1. The van der Waals surface area contributed by atoms with E-state index in [4.69, 9.17) is 21.1 Å². The Morgan fingerprint density at radius 1 is 1.15 bits per heavy atom. The molecule has 0 aliphatic carbocycles. The van der Waals surface area contributed by atoms with Gasteiger partial charge >= 0.3 is 0 Å². The van der Waals surface area contributed by atoms with E-state index in [0.717, 1.165) is 6.07 Å². The van der Waals surface area contributed by atoms with Crippen LogP contribution in [0.5, 0.6) is 11.5 Å². The van der Waals surface area contributed by atoms with Crippen molar-refractivity contribution in [2.24, 2.45) is 0 Å². The van der Waals surface area contributed by atoms with Crippen LogP contribution in [0.1, 0.15) is 5.56 Å². The van der Waals surface area contributed by atoms with Crippen molar-refractivity contribution in [2.75, 3.05) is 25.5 Å². The van der Waals surface area contributed by atoms with Crippen molar-refractivity contribution in [2.45, 2.75) is 11.4 Å². The molecular formula is C23H20ClFN2O5S. The quantitative estimate of drug-likeness (QED) is 0.549. The van der Waals surface area contributed by atoms with E-state index in [1.165, 1.54) is 36.3 Å². The van der Waals surface area contributed by atoms with Crippen molar-refractivity contribution in [3.8, 4) is 22.6 Å². The highest BCUT2D eigenvalue weighted by molar-refractivity contribution is 7.92. The molecule has 1 N–H and O–H groups in total. The highest BCUT2D eigenvalue weighted by atomic mass is 35.5. The zero-order valence-corrected chi connectivity index (χ0v) is 19.3. The van der Waals surface area contributed by atoms with Gasteiger partial charge < -0.3 is 14.4 Å². The molecule has 1 heterocycles. The first-order valence-corrected chi connectivity index (χ1v) is 11.7. The van der Waals surface area contributed by atoms with E-state index >= 15 is 0 Å². The van der Waals surface area contributed by atoms with E-state index in [1.807, 2.05) is 0 Å². The number of carbonyl (C=O) groups excluding carboxylic acids is 1. The lowest BCUT2D eigenvalue weighted by Crippen LogP contribution is -2.31. The van der Waals surface area contributed by atoms with Gasteiger partial charge in [-0.1, -0.05) is 35.9 Å². The average molecular weight is 491 g/mol. The molecule has 0 spiro atoms. The Morgan fingerprint density at radius 2 is 1.91 bits per heavy atom. The summed E-state index contributed by atoms with van der Waals surface area (Å²) >= 11 is 6.28. The van der Waals surface area contributed by atoms with Crippen LogP contribution in [0.15, 0.2) is 59.5 Å². The van der Waals surface area contributed by atoms with Crippen LogP contribution in [0.4, 0.5) is 10.1 Å². The summed E-state index contributed by atoms with van der Waals surface area (Å²) in [7, 11) is -1.45. The van der Waals surface area contributed by atoms with Gasteiger partial charge in [-0.2, -0.15) is 0 Å². The zero-order chi connectivity index (χ0) is 23.8. The maximum absolute atomic E-state index is 14.6. The second-order valence-corrected chi connectivity index (χ2v) is 9.50. The van der Waals surface area contributed by atoms with E-state index in [-0.39, 0.29) is 40.4 Å². The predicted molar refractivity (Wildman–Crippen MR) is 123 cm³/mol. The summed E-state index contributed by atoms with van der Waals surface area (Å²) in [6.45, 7) is -0.174. The Kier molecular flexibility index (Phi) is 6.18. The average Bonchev–Trinajstić information content (AvgIpc) is 2.78. The van der Waals surface area contributed by atoms with E-state index in [1.54, 1.807) is 31.3 Å². The predicted octanol–water partition coefficient (Wildman–Crippen LogP) is 4.31. The van der Waals surface area contributed by atoms with E-state index in [2.05, 4.69) is 4.72 Å². The third-order valence-electron chi connectivity index (χ3n) is 5.17. The number of para-hydroxylation sites is 1. The fraction of sp³-hybridized carbons (Fsp3) is 0.174. The van der Waals surface area contributed by atoms with Gasteiger partial charge in [-0.05, 0) is 41.5 Å². The molecular weight excluding hydrogens is 471 g/mol. The van der Waals surface area contributed by atoms with Gasteiger partial charge in [0.05, 0.1) is 17.8 Å². The van der Waals surface area contributed by atoms with Crippen LogP contribution in [-0.2, 0) is 21.4 Å². The molecule has 0 saturated heterocycles. The first kappa shape index (κ1) is 22.9. The third kappa shape index (κ3) is 4.60. The van der Waals surface area contributed by atoms with Gasteiger partial charge in [-0.25, -0.2) is 12.8 Å². The Labute approximate surface area is 195 Å². The number of hydrogen-bond donors (Lipinski definition) is 1. The van der Waals surface area contributed by atoms with Gasteiger partial charge in [0.25, 0.3) is 15.9 Å². The number of fused-ring (bicyclic) bond motifs is 6. The molecule has 10 heteroatoms. The molecule has 0 unspecified atom stereocenters. The minimum absolute atomic E-state index is 0.0402. The molecule has 1 aliphatic heterocycles.